The van der Waals surface area contributed by atoms with Gasteiger partial charge in [0.2, 0.25) is 18.2 Å². The van der Waals surface area contributed by atoms with Crippen LogP contribution in [0.3, 0.4) is 0 Å². The fourth-order valence-corrected chi connectivity index (χ4v) is 46.1. The van der Waals surface area contributed by atoms with Gasteiger partial charge in [-0.15, -0.1) is 0 Å². The first-order valence-corrected chi connectivity index (χ1v) is 75.1. The highest BCUT2D eigenvalue weighted by Crippen LogP contribution is 2.50. The lowest BCUT2D eigenvalue weighted by Crippen LogP contribution is -2.53. The third-order valence-electron chi connectivity index (χ3n) is 26.0. The highest BCUT2D eigenvalue weighted by Gasteiger charge is 2.48. The SMILES string of the molecule is CC1(C)CC(N=C=O)CC(C)(CN=C=O)C1.CCCCCN.CCCCCNC(=O)NCC1(C)CC(N=C=O)CC(C)(C)C1.CCO[Si](=O)OCC.CCO[Si](=O)OCC.CCO[Si](CCCNC(=O)NCC1(C)CC(NC(=O)NCCC[Si](C)(C)O[Si](C)(C)CCCNC(=O)NC2CC(C)(C)CC(C)(CNC(=O)NCCC[Si](OCC)(OCC)OCC)C2)CC(C)(C)C1)(OCC)OCC.C[Si](C)(CCCN)O[Si](C)(C)CCCN. The molecule has 0 saturated heterocycles. The van der Waals surface area contributed by atoms with Crippen LogP contribution >= 0.6 is 0 Å². The van der Waals surface area contributed by atoms with Crippen molar-refractivity contribution in [3.63, 3.8) is 0 Å². The Balaban J connectivity index is -0.00000227. The Morgan fingerprint density at radius 3 is 0.847 bits per heavy atom. The molecule has 4 saturated carbocycles. The first-order chi connectivity index (χ1) is 70.1. The number of nitrogens with two attached hydrogens (primary N) is 3. The van der Waals surface area contributed by atoms with Crippen molar-refractivity contribution in [3.05, 3.63) is 0 Å². The van der Waals surface area contributed by atoms with Gasteiger partial charge in [-0.2, -0.15) is 0 Å². The lowest BCUT2D eigenvalue weighted by Gasteiger charge is -2.47. The van der Waals surface area contributed by atoms with Crippen molar-refractivity contribution in [1.29, 1.82) is 0 Å². The van der Waals surface area contributed by atoms with Crippen LogP contribution in [0.2, 0.25) is 88.6 Å². The van der Waals surface area contributed by atoms with E-state index in [4.69, 9.17) is 52.0 Å². The zero-order chi connectivity index (χ0) is 115. The molecule has 880 valence electrons. The van der Waals surface area contributed by atoms with E-state index in [9.17, 15) is 47.3 Å². The lowest BCUT2D eigenvalue weighted by molar-refractivity contribution is 0.0700. The van der Waals surface area contributed by atoms with Crippen LogP contribution in [0.4, 0.5) is 24.0 Å². The number of unbranched alkanes of at least 4 members (excludes halogenated alkanes) is 4. The average Bonchev–Trinajstić information content (AvgIpc) is 0.787. The fourth-order valence-electron chi connectivity index (χ4n) is 22.0. The number of carbonyl (C=O) groups is 5. The molecule has 8 atom stereocenters. The van der Waals surface area contributed by atoms with E-state index in [1.165, 1.54) is 31.4 Å². The van der Waals surface area contributed by atoms with Crippen molar-refractivity contribution < 1.29 is 99.8 Å². The van der Waals surface area contributed by atoms with Gasteiger partial charge in [0.15, 0.2) is 33.3 Å². The average molecular weight is 2270 g/mol. The summed E-state index contributed by atoms with van der Waals surface area (Å²) in [4.78, 5) is 107. The Bertz CT molecular complexity index is 3620. The van der Waals surface area contributed by atoms with Gasteiger partial charge in [-0.25, -0.2) is 53.3 Å². The largest absolute Gasteiger partial charge is 0.767 e. The highest BCUT2D eigenvalue weighted by molar-refractivity contribution is 6.85. The summed E-state index contributed by atoms with van der Waals surface area (Å²) in [5.41, 5.74) is 16.1. The molecule has 16 N–H and O–H groups in total. The van der Waals surface area contributed by atoms with Gasteiger partial charge in [0, 0.05) is 116 Å². The van der Waals surface area contributed by atoms with E-state index >= 15 is 0 Å². The molecule has 4 fully saturated rings. The van der Waals surface area contributed by atoms with Crippen LogP contribution in [0, 0.1) is 43.3 Å². The number of amides is 10. The molecule has 0 aromatic rings. The second-order valence-electron chi connectivity index (χ2n) is 47.3. The van der Waals surface area contributed by atoms with Crippen molar-refractivity contribution in [1.82, 2.24) is 53.2 Å². The van der Waals surface area contributed by atoms with Crippen molar-refractivity contribution in [2.45, 2.75) is 433 Å². The van der Waals surface area contributed by atoms with E-state index in [1.807, 2.05) is 41.5 Å². The van der Waals surface area contributed by atoms with Gasteiger partial charge in [0.25, 0.3) is 0 Å². The summed E-state index contributed by atoms with van der Waals surface area (Å²) in [6, 6.07) is 4.68. The number of hydrogen-bond acceptors (Lipinski definition) is 28. The number of aliphatic imine (C=N–C) groups is 3. The standard InChI is InChI=1S/C52H110N8O11Si4.C17H31N3O2.C12H18N2O2.C10H28N2OSi2.C5H13N.2C4H10O3Si/c1-17-65-74(66-18-2,67-19-3)33-25-29-53-45(61)57-41-51(11)37-43(35-49(7,8)39-51)59-47(63)55-27-23-31-72(13,14)71-73(15,16)32-24-28-56-48(64)60-44-36-50(9,10)40-52(12,38-44)42-58-46(62)54-30-26-34-75(68-20-4,69-21-5)70-22-6;1-5-6-7-8-18-15(22)19-12-17(4)10-14(20-13-21)9-16(2,3)11-17;1-11(2)4-10(14-9-16)5-12(3,6-11)7-13-8-15;1-14(2,9-5-7-11)13-15(3,4)10-6-8-12;1-2-3-4-5-6;2*1-3-6-8(5)7-4-2/h43-44H,17-42H2,1-16H3,(H2,53,57,61)(H2,54,58,62)(H2,55,59,63)(H2,56,60,64);14H,5-12H2,1-4H3,(H2,18,19,22);10H,4-7H2,1-3H3;5-12H2,1-4H3;2-6H2,1H3;2*3-4H2,1-2H3. The Morgan fingerprint density at radius 2 is 0.573 bits per heavy atom. The molecule has 4 aliphatic carbocycles. The van der Waals surface area contributed by atoms with Crippen molar-refractivity contribution in [2.24, 2.45) is 75.5 Å². The van der Waals surface area contributed by atoms with E-state index in [1.54, 1.807) is 45.9 Å². The van der Waals surface area contributed by atoms with E-state index in [2.05, 4.69) is 235 Å². The van der Waals surface area contributed by atoms with Crippen LogP contribution < -0.4 is 70.4 Å². The second kappa shape index (κ2) is 79.5. The van der Waals surface area contributed by atoms with Crippen LogP contribution in [0.25, 0.3) is 0 Å². The number of isocyanates is 3. The van der Waals surface area contributed by atoms with Crippen molar-refractivity contribution in [3.8, 4) is 0 Å². The van der Waals surface area contributed by atoms with Crippen molar-refractivity contribution >= 4 is 118 Å². The molecule has 38 nitrogen and oxygen atoms in total. The van der Waals surface area contributed by atoms with Crippen molar-refractivity contribution in [2.75, 3.05) is 145 Å². The summed E-state index contributed by atoms with van der Waals surface area (Å²) in [6.07, 6.45) is 27.8. The van der Waals surface area contributed by atoms with Gasteiger partial charge >= 0.3 is 66.1 Å². The van der Waals surface area contributed by atoms with Gasteiger partial charge in [-0.1, -0.05) is 123 Å². The summed E-state index contributed by atoms with van der Waals surface area (Å²) >= 11 is 0. The molecule has 0 bridgehead atoms. The zero-order valence-electron chi connectivity index (χ0n) is 100. The number of nitrogens with zero attached hydrogens (tertiary/aromatic N) is 3. The monoisotopic (exact) mass is 2270 g/mol. The Labute approximate surface area is 918 Å². The molecule has 4 rings (SSSR count). The van der Waals surface area contributed by atoms with Crippen LogP contribution in [0.15, 0.2) is 15.0 Å². The molecule has 46 heteroatoms. The van der Waals surface area contributed by atoms with Gasteiger partial charge in [-0.3, -0.25) is 8.92 Å². The zero-order valence-corrected chi connectivity index (χ0v) is 108. The molecule has 0 spiro atoms. The number of rotatable bonds is 65. The van der Waals surface area contributed by atoms with Crippen LogP contribution in [-0.2, 0) is 75.8 Å². The second-order valence-corrected chi connectivity index (χ2v) is 72.6. The van der Waals surface area contributed by atoms with Crippen LogP contribution in [-0.4, -0.2) is 286 Å². The molecule has 8 unspecified atom stereocenters. The fraction of sp³-hybridized carbons (Fsp3) is 0.923. The molecule has 0 aliphatic heterocycles. The van der Waals surface area contributed by atoms with Crippen LogP contribution in [0.1, 0.15) is 320 Å². The van der Waals surface area contributed by atoms with Gasteiger partial charge in [0.05, 0.1) is 45.1 Å². The normalized spacial score (nSPS) is 20.9. The van der Waals surface area contributed by atoms with Crippen LogP contribution in [0.5, 0.6) is 0 Å². The molecule has 0 heterocycles. The first-order valence-electron chi connectivity index (χ1n) is 56.4. The minimum Gasteiger partial charge on any atom is -0.496 e. The molecular formula is C104H220N16O22Si8. The number of carbonyl (C=O) groups excluding carboxylic acids is 8. The van der Waals surface area contributed by atoms with E-state index in [0.717, 1.165) is 160 Å². The summed E-state index contributed by atoms with van der Waals surface area (Å²) in [5.74, 6) is 0. The summed E-state index contributed by atoms with van der Waals surface area (Å²) in [7, 11) is -16.8. The molecule has 150 heavy (non-hydrogen) atoms. The summed E-state index contributed by atoms with van der Waals surface area (Å²) < 4.78 is 88.2. The van der Waals surface area contributed by atoms with Gasteiger partial charge < -0.3 is 123 Å². The number of nitrogens with one attached hydrogen (secondary N) is 10. The van der Waals surface area contributed by atoms with Gasteiger partial charge in [-0.05, 0) is 337 Å². The molecular weight excluding hydrogens is 2050 g/mol. The smallest absolute Gasteiger partial charge is 0.496 e. The third kappa shape index (κ3) is 75.5. The number of hydrogen-bond donors (Lipinski definition) is 13. The maximum atomic E-state index is 13.2. The predicted molar refractivity (Wildman–Crippen MR) is 620 cm³/mol. The molecule has 0 aromatic carbocycles. The Morgan fingerprint density at radius 1 is 0.313 bits per heavy atom. The molecule has 4 aliphatic rings. The number of urea groups is 5. The minimum absolute atomic E-state index is 0.00539. The predicted octanol–water partition coefficient (Wildman–Crippen LogP) is 19.3. The molecule has 10 amide bonds. The van der Waals surface area contributed by atoms with Gasteiger partial charge in [0.1, 0.15) is 0 Å². The summed E-state index contributed by atoms with van der Waals surface area (Å²) in [5, 5.41) is 30.8. The maximum Gasteiger partial charge on any atom is 0.767 e. The molecule has 0 aromatic heterocycles. The maximum absolute atomic E-state index is 13.2. The highest BCUT2D eigenvalue weighted by atomic mass is 28.4. The lowest BCUT2D eigenvalue weighted by atomic mass is 9.62. The summed E-state index contributed by atoms with van der Waals surface area (Å²) in [6.45, 7) is 79.9. The topological polar surface area (TPSA) is 517 Å². The molecule has 0 radical (unpaired) electrons. The Kier molecular flexibility index (Phi) is 78.8. The first kappa shape index (κ1) is 149. The minimum atomic E-state index is -2.76. The van der Waals surface area contributed by atoms with E-state index in [0.29, 0.717) is 143 Å². The van der Waals surface area contributed by atoms with E-state index < -0.39 is 69.2 Å². The Hall–Kier alpha value is -5.41. The quantitative estimate of drug-likeness (QED) is 0.0116. The van der Waals surface area contributed by atoms with E-state index in [-0.39, 0.29) is 97.6 Å². The third-order valence-corrected chi connectivity index (χ3v) is 49.4.